The van der Waals surface area contributed by atoms with Gasteiger partial charge in [0.15, 0.2) is 0 Å². The third-order valence-electron chi connectivity index (χ3n) is 1.34. The Hall–Kier alpha value is -1.51. The highest BCUT2D eigenvalue weighted by Gasteiger charge is 2.05. The van der Waals surface area contributed by atoms with Gasteiger partial charge in [-0.15, -0.1) is 0 Å². The van der Waals surface area contributed by atoms with E-state index in [1.807, 2.05) is 0 Å². The van der Waals surface area contributed by atoms with Gasteiger partial charge in [0.25, 0.3) is 0 Å². The predicted octanol–water partition coefficient (Wildman–Crippen LogP) is 1.11. The summed E-state index contributed by atoms with van der Waals surface area (Å²) in [5.74, 6) is -0.290. The molecule has 0 bridgehead atoms. The molecular weight excluding hydrogens is 154 g/mol. The van der Waals surface area contributed by atoms with Crippen molar-refractivity contribution in [3.63, 3.8) is 0 Å². The van der Waals surface area contributed by atoms with Crippen LogP contribution in [0.25, 0.3) is 0 Å². The summed E-state index contributed by atoms with van der Waals surface area (Å²) in [6.45, 7) is 2.19. The average molecular weight is 165 g/mol. The highest BCUT2D eigenvalue weighted by Crippen LogP contribution is 2.02. The quantitative estimate of drug-likeness (QED) is 0.623. The van der Waals surface area contributed by atoms with Gasteiger partial charge < -0.3 is 10.1 Å². The van der Waals surface area contributed by atoms with Gasteiger partial charge in [0.2, 0.25) is 0 Å². The molecule has 0 spiro atoms. The molecule has 0 saturated heterocycles. The van der Waals surface area contributed by atoms with Gasteiger partial charge in [-0.1, -0.05) is 0 Å². The van der Waals surface area contributed by atoms with E-state index in [0.29, 0.717) is 12.2 Å². The van der Waals surface area contributed by atoms with Crippen molar-refractivity contribution >= 4 is 5.97 Å². The van der Waals surface area contributed by atoms with Crippen LogP contribution in [0.3, 0.4) is 0 Å². The van der Waals surface area contributed by atoms with Gasteiger partial charge in [0, 0.05) is 12.4 Å². The van der Waals surface area contributed by atoms with E-state index in [4.69, 9.17) is 4.74 Å². The Bertz CT molecular complexity index is 251. The Labute approximate surface area is 71.4 Å². The summed E-state index contributed by atoms with van der Waals surface area (Å²) in [4.78, 5) is 11.1. The Kier molecular flexibility index (Phi) is 3.14. The summed E-state index contributed by atoms with van der Waals surface area (Å²) >= 11 is 0. The lowest BCUT2D eigenvalue weighted by Gasteiger charge is -1.99. The van der Waals surface area contributed by atoms with Crippen LogP contribution in [-0.4, -0.2) is 12.6 Å². The van der Waals surface area contributed by atoms with Crippen LogP contribution in [0, 0.1) is 0 Å². The zero-order chi connectivity index (χ0) is 8.81. The maximum absolute atomic E-state index is 11.1. The van der Waals surface area contributed by atoms with E-state index in [0.717, 1.165) is 0 Å². The molecule has 12 heavy (non-hydrogen) atoms. The highest BCUT2D eigenvalue weighted by atomic mass is 16.5. The summed E-state index contributed by atoms with van der Waals surface area (Å²) in [5, 5.41) is 2.85. The van der Waals surface area contributed by atoms with Crippen LogP contribution < -0.4 is 5.32 Å². The average Bonchev–Trinajstić information content (AvgIpc) is 2.32. The van der Waals surface area contributed by atoms with Crippen LogP contribution in [0.2, 0.25) is 0 Å². The third-order valence-corrected chi connectivity index (χ3v) is 1.34. The number of nitrogens with one attached hydrogen (secondary N) is 1. The molecule has 1 aliphatic heterocycles. The second kappa shape index (κ2) is 4.38. The van der Waals surface area contributed by atoms with E-state index in [2.05, 4.69) is 5.32 Å². The standard InChI is InChI=1S/C9H11NO2/c1-2-12-9(11)8-4-3-6-10-7-5-8/h3-7,10H,2H2,1H3. The Morgan fingerprint density at radius 1 is 1.58 bits per heavy atom. The van der Waals surface area contributed by atoms with Crippen molar-refractivity contribution in [2.24, 2.45) is 0 Å². The van der Waals surface area contributed by atoms with Crippen molar-refractivity contribution in [2.75, 3.05) is 6.61 Å². The summed E-state index contributed by atoms with van der Waals surface area (Å²) in [7, 11) is 0. The second-order valence-corrected chi connectivity index (χ2v) is 2.20. The zero-order valence-electron chi connectivity index (χ0n) is 6.91. The molecule has 1 heterocycles. The minimum atomic E-state index is -0.290. The van der Waals surface area contributed by atoms with Gasteiger partial charge in [-0.05, 0) is 25.2 Å². The first-order valence-corrected chi connectivity index (χ1v) is 3.81. The topological polar surface area (TPSA) is 38.3 Å². The van der Waals surface area contributed by atoms with Gasteiger partial charge in [-0.3, -0.25) is 0 Å². The molecule has 0 aliphatic carbocycles. The van der Waals surface area contributed by atoms with Crippen LogP contribution in [0.5, 0.6) is 0 Å². The highest BCUT2D eigenvalue weighted by molar-refractivity contribution is 5.91. The monoisotopic (exact) mass is 165 g/mol. The van der Waals surface area contributed by atoms with E-state index in [1.165, 1.54) is 0 Å². The van der Waals surface area contributed by atoms with Crippen LogP contribution >= 0.6 is 0 Å². The molecule has 3 heteroatoms. The first-order valence-electron chi connectivity index (χ1n) is 3.81. The Morgan fingerprint density at radius 2 is 2.42 bits per heavy atom. The summed E-state index contributed by atoms with van der Waals surface area (Å²) in [5.41, 5.74) is 0.554. The molecule has 0 aromatic heterocycles. The predicted molar refractivity (Wildman–Crippen MR) is 46.1 cm³/mol. The fourth-order valence-electron chi connectivity index (χ4n) is 0.807. The van der Waals surface area contributed by atoms with Gasteiger partial charge in [-0.2, -0.15) is 0 Å². The summed E-state index contributed by atoms with van der Waals surface area (Å²) in [6.07, 6.45) is 8.56. The molecule has 0 fully saturated rings. The zero-order valence-corrected chi connectivity index (χ0v) is 6.91. The molecule has 0 unspecified atom stereocenters. The van der Waals surface area contributed by atoms with Crippen LogP contribution in [-0.2, 0) is 9.53 Å². The molecule has 1 rings (SSSR count). The minimum absolute atomic E-state index is 0.290. The normalized spacial score (nSPS) is 14.6. The maximum Gasteiger partial charge on any atom is 0.338 e. The van der Waals surface area contributed by atoms with E-state index >= 15 is 0 Å². The lowest BCUT2D eigenvalue weighted by atomic mass is 10.2. The van der Waals surface area contributed by atoms with Gasteiger partial charge in [-0.25, -0.2) is 4.79 Å². The number of hydrogen-bond acceptors (Lipinski definition) is 3. The molecule has 1 N–H and O–H groups in total. The molecule has 0 amide bonds. The fraction of sp³-hybridized carbons (Fsp3) is 0.222. The molecule has 0 radical (unpaired) electrons. The number of hydrogen-bond donors (Lipinski definition) is 1. The molecule has 0 aromatic rings. The van der Waals surface area contributed by atoms with Gasteiger partial charge in [0.05, 0.1) is 12.2 Å². The Morgan fingerprint density at radius 3 is 3.17 bits per heavy atom. The molecule has 3 nitrogen and oxygen atoms in total. The van der Waals surface area contributed by atoms with Crippen LogP contribution in [0.15, 0.2) is 36.2 Å². The van der Waals surface area contributed by atoms with Gasteiger partial charge in [0.1, 0.15) is 0 Å². The summed E-state index contributed by atoms with van der Waals surface area (Å²) < 4.78 is 4.82. The molecule has 64 valence electrons. The van der Waals surface area contributed by atoms with E-state index in [9.17, 15) is 4.79 Å². The molecule has 0 atom stereocenters. The first-order chi connectivity index (χ1) is 5.84. The van der Waals surface area contributed by atoms with Crippen molar-refractivity contribution in [3.8, 4) is 0 Å². The van der Waals surface area contributed by atoms with Crippen molar-refractivity contribution < 1.29 is 9.53 Å². The lowest BCUT2D eigenvalue weighted by Crippen LogP contribution is -2.05. The largest absolute Gasteiger partial charge is 0.462 e. The smallest absolute Gasteiger partial charge is 0.338 e. The molecule has 0 aromatic carbocycles. The number of allylic oxidation sites excluding steroid dienone is 2. The second-order valence-electron chi connectivity index (χ2n) is 2.20. The number of ether oxygens (including phenoxy) is 1. The molecular formula is C9H11NO2. The molecule has 0 saturated carbocycles. The summed E-state index contributed by atoms with van der Waals surface area (Å²) in [6, 6.07) is 0. The van der Waals surface area contributed by atoms with E-state index < -0.39 is 0 Å². The van der Waals surface area contributed by atoms with Crippen molar-refractivity contribution in [1.29, 1.82) is 0 Å². The number of carbonyl (C=O) groups excluding carboxylic acids is 1. The van der Waals surface area contributed by atoms with E-state index in [-0.39, 0.29) is 5.97 Å². The third kappa shape index (κ3) is 2.27. The number of carbonyl (C=O) groups is 1. The fourth-order valence-corrected chi connectivity index (χ4v) is 0.807. The Balaban J connectivity index is 2.66. The minimum Gasteiger partial charge on any atom is -0.462 e. The SMILES string of the molecule is CCOC(=O)C1=CC=CNC=C1. The molecule has 1 aliphatic rings. The van der Waals surface area contributed by atoms with Crippen molar-refractivity contribution in [1.82, 2.24) is 5.32 Å². The van der Waals surface area contributed by atoms with Crippen molar-refractivity contribution in [3.05, 3.63) is 36.2 Å². The van der Waals surface area contributed by atoms with Gasteiger partial charge >= 0.3 is 5.97 Å². The first kappa shape index (κ1) is 8.59. The van der Waals surface area contributed by atoms with Crippen LogP contribution in [0.1, 0.15) is 6.92 Å². The number of rotatable bonds is 2. The number of esters is 1. The van der Waals surface area contributed by atoms with E-state index in [1.54, 1.807) is 37.6 Å². The lowest BCUT2D eigenvalue weighted by molar-refractivity contribution is -0.138. The maximum atomic E-state index is 11.1. The van der Waals surface area contributed by atoms with Crippen molar-refractivity contribution in [2.45, 2.75) is 6.92 Å². The van der Waals surface area contributed by atoms with Crippen LogP contribution in [0.4, 0.5) is 0 Å².